The average molecular weight is 709 g/mol. The molecular formula is C35H36Cl2FN7O4. The van der Waals surface area contributed by atoms with E-state index in [1.807, 2.05) is 29.2 Å². The van der Waals surface area contributed by atoms with Crippen LogP contribution in [0.4, 0.5) is 15.9 Å². The quantitative estimate of drug-likeness (QED) is 0.137. The van der Waals surface area contributed by atoms with Crippen LogP contribution in [-0.2, 0) is 22.7 Å². The third-order valence-electron chi connectivity index (χ3n) is 8.89. The summed E-state index contributed by atoms with van der Waals surface area (Å²) in [5.41, 5.74) is 3.92. The van der Waals surface area contributed by atoms with Crippen molar-refractivity contribution in [2.24, 2.45) is 5.92 Å². The molecule has 6 rings (SSSR count). The molecule has 0 radical (unpaired) electrons. The van der Waals surface area contributed by atoms with Gasteiger partial charge in [-0.25, -0.2) is 14.4 Å². The summed E-state index contributed by atoms with van der Waals surface area (Å²) >= 11 is 13.9. The van der Waals surface area contributed by atoms with Gasteiger partial charge in [0, 0.05) is 60.5 Å². The van der Waals surface area contributed by atoms with E-state index in [1.165, 1.54) is 13.3 Å². The molecule has 2 aliphatic rings. The lowest BCUT2D eigenvalue weighted by Gasteiger charge is -2.30. The van der Waals surface area contributed by atoms with E-state index in [0.717, 1.165) is 6.42 Å². The van der Waals surface area contributed by atoms with Crippen LogP contribution >= 0.6 is 23.2 Å². The van der Waals surface area contributed by atoms with E-state index in [-0.39, 0.29) is 23.7 Å². The van der Waals surface area contributed by atoms with Gasteiger partial charge in [-0.1, -0.05) is 53.5 Å². The first-order valence-corrected chi connectivity index (χ1v) is 16.8. The first-order chi connectivity index (χ1) is 23.7. The van der Waals surface area contributed by atoms with E-state index in [0.29, 0.717) is 107 Å². The Labute approximate surface area is 293 Å². The van der Waals surface area contributed by atoms with Gasteiger partial charge in [0.1, 0.15) is 5.69 Å². The fraction of sp³-hybridized carbons (Fsp3) is 0.343. The van der Waals surface area contributed by atoms with Crippen LogP contribution in [0.25, 0.3) is 22.4 Å². The Morgan fingerprint density at radius 2 is 1.80 bits per heavy atom. The monoisotopic (exact) mass is 707 g/mol. The highest BCUT2D eigenvalue weighted by Gasteiger charge is 2.26. The van der Waals surface area contributed by atoms with Crippen LogP contribution in [0.2, 0.25) is 10.0 Å². The predicted octanol–water partition coefficient (Wildman–Crippen LogP) is 6.07. The van der Waals surface area contributed by atoms with Crippen LogP contribution in [0.5, 0.6) is 5.88 Å². The lowest BCUT2D eigenvalue weighted by atomic mass is 9.97. The first-order valence-electron chi connectivity index (χ1n) is 16.0. The fourth-order valence-corrected chi connectivity index (χ4v) is 6.78. The number of amides is 1. The van der Waals surface area contributed by atoms with E-state index >= 15 is 4.39 Å². The van der Waals surface area contributed by atoms with Crippen molar-refractivity contribution in [3.8, 4) is 28.3 Å². The van der Waals surface area contributed by atoms with Gasteiger partial charge in [-0.3, -0.25) is 19.5 Å². The van der Waals surface area contributed by atoms with Crippen LogP contribution in [0.1, 0.15) is 36.9 Å². The van der Waals surface area contributed by atoms with E-state index < -0.39 is 11.8 Å². The summed E-state index contributed by atoms with van der Waals surface area (Å²) in [6.07, 6.45) is 5.58. The number of halogens is 3. The number of carbonyl (C=O) groups excluding carboxylic acids is 1. The molecule has 2 aliphatic heterocycles. The molecule has 0 saturated carbocycles. The van der Waals surface area contributed by atoms with Crippen molar-refractivity contribution < 1.29 is 23.8 Å². The van der Waals surface area contributed by atoms with Gasteiger partial charge in [-0.15, -0.1) is 0 Å². The van der Waals surface area contributed by atoms with Crippen LogP contribution in [0, 0.1) is 11.7 Å². The molecule has 11 nitrogen and oxygen atoms in total. The molecule has 256 valence electrons. The SMILES string of the molecule is COc1nc(-c2cccc(-c3cccc(Nc4nccc(CN5CCC(C(=O)O)CC5)c4F)c3Cl)c2Cl)cnc1CNCC1CCC(=O)N1. The van der Waals surface area contributed by atoms with Gasteiger partial charge in [0.25, 0.3) is 0 Å². The Bertz CT molecular complexity index is 1860. The standard InChI is InChI=1S/C35H36Cl2FN7O4/c1-49-34-28(17-39-16-22-8-9-29(46)42-22)41-18-27(44-34)25-6-2-4-23(30(25)36)24-5-3-7-26(31(24)37)43-33-32(38)21(10-13-40-33)19-45-14-11-20(12-15-45)35(47)48/h2-7,10,13,18,20,22,39H,8-9,11-12,14-17,19H2,1H3,(H,40,43)(H,42,46)(H,47,48). The number of carboxylic acid groups (broad SMARTS) is 1. The van der Waals surface area contributed by atoms with E-state index in [1.54, 1.807) is 24.4 Å². The van der Waals surface area contributed by atoms with Crippen molar-refractivity contribution in [2.45, 2.75) is 44.8 Å². The molecule has 1 amide bonds. The van der Waals surface area contributed by atoms with Crippen molar-refractivity contribution in [3.63, 3.8) is 0 Å². The molecule has 1 atom stereocenters. The molecule has 0 aliphatic carbocycles. The van der Waals surface area contributed by atoms with Gasteiger partial charge in [0.2, 0.25) is 11.8 Å². The summed E-state index contributed by atoms with van der Waals surface area (Å²) in [6, 6.07) is 12.6. The van der Waals surface area contributed by atoms with Crippen molar-refractivity contribution in [2.75, 3.05) is 32.1 Å². The van der Waals surface area contributed by atoms with Gasteiger partial charge in [0.05, 0.1) is 40.7 Å². The zero-order valence-corrected chi connectivity index (χ0v) is 28.3. The zero-order chi connectivity index (χ0) is 34.5. The number of methoxy groups -OCH3 is 1. The number of hydrogen-bond donors (Lipinski definition) is 4. The van der Waals surface area contributed by atoms with Gasteiger partial charge < -0.3 is 25.8 Å². The number of likely N-dealkylation sites (tertiary alicyclic amines) is 1. The third-order valence-corrected chi connectivity index (χ3v) is 9.70. The second-order valence-electron chi connectivity index (χ2n) is 12.1. The van der Waals surface area contributed by atoms with E-state index in [4.69, 9.17) is 27.9 Å². The fourth-order valence-electron chi connectivity index (χ4n) is 6.18. The van der Waals surface area contributed by atoms with Crippen molar-refractivity contribution in [3.05, 3.63) is 82.0 Å². The number of ether oxygens (including phenoxy) is 1. The number of pyridine rings is 1. The second-order valence-corrected chi connectivity index (χ2v) is 12.9. The summed E-state index contributed by atoms with van der Waals surface area (Å²) in [6.45, 7) is 2.53. The predicted molar refractivity (Wildman–Crippen MR) is 185 cm³/mol. The molecule has 49 heavy (non-hydrogen) atoms. The number of rotatable bonds is 12. The van der Waals surface area contributed by atoms with Gasteiger partial charge in [-0.05, 0) is 44.5 Å². The van der Waals surface area contributed by atoms with Crippen molar-refractivity contribution in [1.29, 1.82) is 0 Å². The molecule has 1 unspecified atom stereocenters. The van der Waals surface area contributed by atoms with Crippen LogP contribution in [0.3, 0.4) is 0 Å². The number of carboxylic acids is 1. The molecule has 2 fully saturated rings. The molecule has 2 aromatic heterocycles. The topological polar surface area (TPSA) is 142 Å². The number of hydrogen-bond acceptors (Lipinski definition) is 9. The molecule has 0 bridgehead atoms. The highest BCUT2D eigenvalue weighted by molar-refractivity contribution is 6.39. The maximum atomic E-state index is 15.7. The van der Waals surface area contributed by atoms with Crippen LogP contribution < -0.4 is 20.7 Å². The summed E-state index contributed by atoms with van der Waals surface area (Å²) in [7, 11) is 1.53. The molecule has 2 saturated heterocycles. The molecule has 14 heteroatoms. The molecule has 4 N–H and O–H groups in total. The minimum atomic E-state index is -0.783. The number of carbonyl (C=O) groups is 2. The summed E-state index contributed by atoms with van der Waals surface area (Å²) in [5.74, 6) is -1.19. The average Bonchev–Trinajstić information content (AvgIpc) is 3.52. The molecule has 4 heterocycles. The maximum Gasteiger partial charge on any atom is 0.306 e. The Balaban J connectivity index is 1.18. The first kappa shape index (κ1) is 34.5. The Hall–Kier alpha value is -4.36. The van der Waals surface area contributed by atoms with Crippen LogP contribution in [0.15, 0.2) is 54.9 Å². The zero-order valence-electron chi connectivity index (χ0n) is 26.8. The van der Waals surface area contributed by atoms with Crippen molar-refractivity contribution in [1.82, 2.24) is 30.5 Å². The maximum absolute atomic E-state index is 15.7. The number of piperidine rings is 1. The second kappa shape index (κ2) is 15.5. The Morgan fingerprint density at radius 3 is 2.51 bits per heavy atom. The lowest BCUT2D eigenvalue weighted by Crippen LogP contribution is -2.36. The minimum Gasteiger partial charge on any atom is -0.481 e. The third kappa shape index (κ3) is 7.94. The normalized spacial score (nSPS) is 16.8. The smallest absolute Gasteiger partial charge is 0.306 e. The van der Waals surface area contributed by atoms with Gasteiger partial charge in [-0.2, -0.15) is 0 Å². The summed E-state index contributed by atoms with van der Waals surface area (Å²) in [5, 5.41) is 19.3. The summed E-state index contributed by atoms with van der Waals surface area (Å²) < 4.78 is 21.2. The van der Waals surface area contributed by atoms with Gasteiger partial charge in [0.15, 0.2) is 11.6 Å². The highest BCUT2D eigenvalue weighted by atomic mass is 35.5. The Morgan fingerprint density at radius 1 is 1.06 bits per heavy atom. The lowest BCUT2D eigenvalue weighted by molar-refractivity contribution is -0.143. The number of aromatic nitrogens is 3. The number of nitrogens with zero attached hydrogens (tertiary/aromatic N) is 4. The van der Waals surface area contributed by atoms with Crippen molar-refractivity contribution >= 4 is 46.6 Å². The highest BCUT2D eigenvalue weighted by Crippen LogP contribution is 2.42. The minimum absolute atomic E-state index is 0.0294. The Kier molecular flexibility index (Phi) is 10.9. The number of nitrogens with one attached hydrogen (secondary N) is 3. The number of anilines is 2. The number of aliphatic carboxylic acids is 1. The molecule has 0 spiro atoms. The number of benzene rings is 2. The summed E-state index contributed by atoms with van der Waals surface area (Å²) in [4.78, 5) is 38.3. The van der Waals surface area contributed by atoms with E-state index in [2.05, 4.69) is 30.9 Å². The molecule has 4 aromatic rings. The van der Waals surface area contributed by atoms with E-state index in [9.17, 15) is 14.7 Å². The largest absolute Gasteiger partial charge is 0.481 e. The molecular weight excluding hydrogens is 672 g/mol. The van der Waals surface area contributed by atoms with Gasteiger partial charge >= 0.3 is 5.97 Å². The van der Waals surface area contributed by atoms with Crippen LogP contribution in [-0.4, -0.2) is 69.6 Å². The molecule has 2 aromatic carbocycles.